The van der Waals surface area contributed by atoms with Crippen LogP contribution in [0, 0.1) is 0 Å². The highest BCUT2D eigenvalue weighted by molar-refractivity contribution is 5.79. The molecule has 0 unspecified atom stereocenters. The smallest absolute Gasteiger partial charge is 0.356 e. The van der Waals surface area contributed by atoms with Crippen LogP contribution in [0.1, 0.15) is 5.56 Å². The van der Waals surface area contributed by atoms with E-state index in [1.54, 1.807) is 30.5 Å². The molecule has 21 heavy (non-hydrogen) atoms. The summed E-state index contributed by atoms with van der Waals surface area (Å²) in [7, 11) is 0. The Labute approximate surface area is 121 Å². The van der Waals surface area contributed by atoms with E-state index in [0.29, 0.717) is 5.69 Å². The van der Waals surface area contributed by atoms with Gasteiger partial charge in [-0.2, -0.15) is 9.78 Å². The number of aromatic nitrogens is 2. The van der Waals surface area contributed by atoms with E-state index in [4.69, 9.17) is 0 Å². The number of imidazole rings is 1. The fourth-order valence-corrected chi connectivity index (χ4v) is 1.99. The summed E-state index contributed by atoms with van der Waals surface area (Å²) < 4.78 is 2.30. The van der Waals surface area contributed by atoms with Gasteiger partial charge in [0.05, 0.1) is 18.1 Å². The number of hydrogen-bond acceptors (Lipinski definition) is 3. The van der Waals surface area contributed by atoms with Crippen LogP contribution in [0.5, 0.6) is 5.88 Å². The van der Waals surface area contributed by atoms with Crippen LogP contribution < -0.4 is 5.69 Å². The van der Waals surface area contributed by atoms with Crippen LogP contribution in [0.4, 0.5) is 0 Å². The molecule has 1 heterocycles. The van der Waals surface area contributed by atoms with Crippen LogP contribution in [0.2, 0.25) is 0 Å². The van der Waals surface area contributed by atoms with E-state index in [-0.39, 0.29) is 5.88 Å². The molecule has 5 nitrogen and oxygen atoms in total. The average Bonchev–Trinajstić information content (AvgIpc) is 2.81. The highest BCUT2D eigenvalue weighted by atomic mass is 16.3. The highest BCUT2D eigenvalue weighted by Gasteiger charge is 2.10. The molecule has 0 saturated carbocycles. The minimum atomic E-state index is -0.425. The van der Waals surface area contributed by atoms with E-state index >= 15 is 0 Å². The van der Waals surface area contributed by atoms with Crippen molar-refractivity contribution in [3.8, 4) is 11.6 Å². The maximum Gasteiger partial charge on any atom is 0.356 e. The summed E-state index contributed by atoms with van der Waals surface area (Å²) in [5.74, 6) is -0.156. The fourth-order valence-electron chi connectivity index (χ4n) is 1.99. The average molecular weight is 279 g/mol. The van der Waals surface area contributed by atoms with Gasteiger partial charge in [-0.25, -0.2) is 9.36 Å². The van der Waals surface area contributed by atoms with Gasteiger partial charge in [-0.1, -0.05) is 48.5 Å². The zero-order valence-electron chi connectivity index (χ0n) is 11.1. The van der Waals surface area contributed by atoms with Crippen molar-refractivity contribution in [1.82, 2.24) is 9.24 Å². The monoisotopic (exact) mass is 279 g/mol. The maximum atomic E-state index is 12.3. The van der Waals surface area contributed by atoms with Crippen LogP contribution in [0.15, 0.2) is 76.8 Å². The van der Waals surface area contributed by atoms with E-state index in [9.17, 15) is 9.90 Å². The molecular formula is C16H13N3O2. The van der Waals surface area contributed by atoms with Crippen molar-refractivity contribution < 1.29 is 5.11 Å². The third-order valence-corrected chi connectivity index (χ3v) is 3.00. The SMILES string of the molecule is O=c1n(N=Cc2ccccc2)cc(O)n1-c1ccccc1. The van der Waals surface area contributed by atoms with Gasteiger partial charge in [-0.15, -0.1) is 0 Å². The lowest BCUT2D eigenvalue weighted by molar-refractivity contribution is 0.441. The van der Waals surface area contributed by atoms with Crippen LogP contribution in [0.25, 0.3) is 5.69 Å². The largest absolute Gasteiger partial charge is 0.493 e. The van der Waals surface area contributed by atoms with Crippen LogP contribution >= 0.6 is 0 Å². The molecule has 0 bridgehead atoms. The Morgan fingerprint density at radius 2 is 1.57 bits per heavy atom. The van der Waals surface area contributed by atoms with E-state index in [1.165, 1.54) is 10.8 Å². The maximum absolute atomic E-state index is 12.3. The molecule has 0 atom stereocenters. The van der Waals surface area contributed by atoms with Gasteiger partial charge in [0.1, 0.15) is 0 Å². The van der Waals surface area contributed by atoms with Crippen LogP contribution in [-0.4, -0.2) is 20.6 Å². The Morgan fingerprint density at radius 3 is 2.24 bits per heavy atom. The predicted octanol–water partition coefficient (Wildman–Crippen LogP) is 2.23. The molecule has 0 radical (unpaired) electrons. The van der Waals surface area contributed by atoms with Crippen molar-refractivity contribution in [2.24, 2.45) is 5.10 Å². The number of benzene rings is 2. The van der Waals surface area contributed by atoms with Gasteiger partial charge in [-0.3, -0.25) is 0 Å². The van der Waals surface area contributed by atoms with Gasteiger partial charge in [0.15, 0.2) is 0 Å². The summed E-state index contributed by atoms with van der Waals surface area (Å²) in [6.45, 7) is 0. The molecule has 1 N–H and O–H groups in total. The fraction of sp³-hybridized carbons (Fsp3) is 0. The second-order valence-corrected chi connectivity index (χ2v) is 4.44. The third kappa shape index (κ3) is 2.62. The normalized spacial score (nSPS) is 11.0. The number of hydrogen-bond donors (Lipinski definition) is 1. The first-order chi connectivity index (χ1) is 10.3. The molecule has 2 aromatic carbocycles. The first-order valence-electron chi connectivity index (χ1n) is 6.44. The van der Waals surface area contributed by atoms with Gasteiger partial charge >= 0.3 is 5.69 Å². The van der Waals surface area contributed by atoms with Crippen molar-refractivity contribution in [2.75, 3.05) is 0 Å². The molecule has 0 saturated heterocycles. The van der Waals surface area contributed by atoms with Crippen molar-refractivity contribution in [1.29, 1.82) is 0 Å². The van der Waals surface area contributed by atoms with Crippen molar-refractivity contribution in [3.63, 3.8) is 0 Å². The molecule has 3 aromatic rings. The highest BCUT2D eigenvalue weighted by Crippen LogP contribution is 2.13. The van der Waals surface area contributed by atoms with Crippen LogP contribution in [0.3, 0.4) is 0 Å². The van der Waals surface area contributed by atoms with E-state index in [1.807, 2.05) is 36.4 Å². The molecule has 0 aliphatic heterocycles. The molecule has 0 fully saturated rings. The molecule has 0 spiro atoms. The van der Waals surface area contributed by atoms with Crippen LogP contribution in [-0.2, 0) is 0 Å². The topological polar surface area (TPSA) is 59.5 Å². The number of para-hydroxylation sites is 1. The van der Waals surface area contributed by atoms with Crippen molar-refractivity contribution in [2.45, 2.75) is 0 Å². The zero-order chi connectivity index (χ0) is 14.7. The quantitative estimate of drug-likeness (QED) is 0.747. The van der Waals surface area contributed by atoms with Crippen molar-refractivity contribution >= 4 is 6.21 Å². The predicted molar refractivity (Wildman–Crippen MR) is 81.1 cm³/mol. The minimum Gasteiger partial charge on any atom is -0.493 e. The lowest BCUT2D eigenvalue weighted by Crippen LogP contribution is -2.20. The summed E-state index contributed by atoms with van der Waals surface area (Å²) in [6.07, 6.45) is 2.85. The lowest BCUT2D eigenvalue weighted by Gasteiger charge is -2.00. The zero-order valence-corrected chi connectivity index (χ0v) is 11.1. The standard InChI is InChI=1S/C16H13N3O2/c20-15-12-18(17-11-13-7-3-1-4-8-13)16(21)19(15)14-9-5-2-6-10-14/h1-12,20H. The molecule has 1 aromatic heterocycles. The molecule has 0 aliphatic rings. The second kappa shape index (κ2) is 5.50. The Balaban J connectivity index is 1.99. The number of rotatable bonds is 3. The van der Waals surface area contributed by atoms with Gasteiger partial charge in [0.2, 0.25) is 5.88 Å². The van der Waals surface area contributed by atoms with Crippen molar-refractivity contribution in [3.05, 3.63) is 82.9 Å². The molecule has 3 rings (SSSR count). The Bertz CT molecular complexity index is 818. The van der Waals surface area contributed by atoms with Gasteiger partial charge < -0.3 is 5.11 Å². The van der Waals surface area contributed by atoms with E-state index in [2.05, 4.69) is 5.10 Å². The second-order valence-electron chi connectivity index (χ2n) is 4.44. The summed E-state index contributed by atoms with van der Waals surface area (Å²) in [6, 6.07) is 18.4. The molecule has 0 aliphatic carbocycles. The molecule has 5 heteroatoms. The molecule has 0 amide bonds. The van der Waals surface area contributed by atoms with Gasteiger partial charge in [0.25, 0.3) is 0 Å². The first kappa shape index (κ1) is 12.9. The summed E-state index contributed by atoms with van der Waals surface area (Å²) in [5.41, 5.74) is 1.04. The number of aromatic hydroxyl groups is 1. The molecular weight excluding hydrogens is 266 g/mol. The molecule has 104 valence electrons. The van der Waals surface area contributed by atoms with E-state index in [0.717, 1.165) is 10.2 Å². The van der Waals surface area contributed by atoms with Gasteiger partial charge in [-0.05, 0) is 17.7 Å². The summed E-state index contributed by atoms with van der Waals surface area (Å²) in [5, 5.41) is 14.0. The summed E-state index contributed by atoms with van der Waals surface area (Å²) >= 11 is 0. The minimum absolute atomic E-state index is 0.156. The lowest BCUT2D eigenvalue weighted by atomic mass is 10.2. The van der Waals surface area contributed by atoms with E-state index < -0.39 is 5.69 Å². The van der Waals surface area contributed by atoms with Gasteiger partial charge in [0, 0.05) is 0 Å². The summed E-state index contributed by atoms with van der Waals surface area (Å²) in [4.78, 5) is 12.3. The Hall–Kier alpha value is -3.08. The Kier molecular flexibility index (Phi) is 3.39. The number of nitrogens with zero attached hydrogens (tertiary/aromatic N) is 3. The first-order valence-corrected chi connectivity index (χ1v) is 6.44. The third-order valence-electron chi connectivity index (χ3n) is 3.00. The Morgan fingerprint density at radius 1 is 0.952 bits per heavy atom.